The highest BCUT2D eigenvalue weighted by Gasteiger charge is 2.33. The van der Waals surface area contributed by atoms with Gasteiger partial charge >= 0.3 is 6.18 Å². The van der Waals surface area contributed by atoms with E-state index >= 15 is 0 Å². The first kappa shape index (κ1) is 17.8. The first-order valence-electron chi connectivity index (χ1n) is 8.02. The van der Waals surface area contributed by atoms with E-state index in [-0.39, 0.29) is 5.91 Å². The van der Waals surface area contributed by atoms with Crippen molar-refractivity contribution in [2.75, 3.05) is 19.6 Å². The second-order valence-corrected chi connectivity index (χ2v) is 6.22. The second kappa shape index (κ2) is 7.81. The van der Waals surface area contributed by atoms with Crippen molar-refractivity contribution in [1.29, 1.82) is 0 Å². The first-order chi connectivity index (χ1) is 10.9. The third-order valence-electron chi connectivity index (χ3n) is 4.42. The molecule has 2 N–H and O–H groups in total. The third-order valence-corrected chi connectivity index (χ3v) is 4.42. The summed E-state index contributed by atoms with van der Waals surface area (Å²) in [7, 11) is 0. The standard InChI is InChI=1S/C17H23F3N2O/c18-17(19,20)15-6-2-1-5-14(15)8-7-13-4-3-10-22(12-13)11-9-16(21)23/h1-2,5-6,13H,3-4,7-12H2,(H2,21,23)/t13-/m0/s1. The van der Waals surface area contributed by atoms with Crippen LogP contribution >= 0.6 is 0 Å². The fraction of sp³-hybridized carbons (Fsp3) is 0.588. The largest absolute Gasteiger partial charge is 0.416 e. The number of halogens is 3. The van der Waals surface area contributed by atoms with E-state index in [1.54, 1.807) is 12.1 Å². The van der Waals surface area contributed by atoms with E-state index in [2.05, 4.69) is 4.90 Å². The maximum absolute atomic E-state index is 13.0. The van der Waals surface area contributed by atoms with Crippen LogP contribution in [0.25, 0.3) is 0 Å². The Morgan fingerprint density at radius 1 is 1.30 bits per heavy atom. The molecule has 6 heteroatoms. The van der Waals surface area contributed by atoms with Gasteiger partial charge in [0.1, 0.15) is 0 Å². The smallest absolute Gasteiger partial charge is 0.370 e. The van der Waals surface area contributed by atoms with Crippen molar-refractivity contribution in [3.8, 4) is 0 Å². The molecule has 3 nitrogen and oxygen atoms in total. The zero-order valence-corrected chi connectivity index (χ0v) is 13.1. The summed E-state index contributed by atoms with van der Waals surface area (Å²) in [5, 5.41) is 0. The molecule has 0 bridgehead atoms. The summed E-state index contributed by atoms with van der Waals surface area (Å²) in [6.07, 6.45) is -0.740. The van der Waals surface area contributed by atoms with Crippen LogP contribution in [0.4, 0.5) is 13.2 Å². The third kappa shape index (κ3) is 5.53. The van der Waals surface area contributed by atoms with Crippen LogP contribution in [0.2, 0.25) is 0 Å². The van der Waals surface area contributed by atoms with Crippen LogP contribution in [0.15, 0.2) is 24.3 Å². The average Bonchev–Trinajstić information content (AvgIpc) is 2.51. The van der Waals surface area contributed by atoms with Crippen molar-refractivity contribution in [3.63, 3.8) is 0 Å². The predicted molar refractivity (Wildman–Crippen MR) is 82.7 cm³/mol. The Bertz CT molecular complexity index is 531. The minimum Gasteiger partial charge on any atom is -0.370 e. The Kier molecular flexibility index (Phi) is 6.04. The molecule has 1 fully saturated rings. The molecule has 1 amide bonds. The molecule has 23 heavy (non-hydrogen) atoms. The molecule has 0 saturated carbocycles. The number of carbonyl (C=O) groups is 1. The highest BCUT2D eigenvalue weighted by atomic mass is 19.4. The Balaban J connectivity index is 1.90. The molecule has 0 aromatic heterocycles. The maximum atomic E-state index is 13.0. The summed E-state index contributed by atoms with van der Waals surface area (Å²) in [5.74, 6) is 0.0594. The lowest BCUT2D eigenvalue weighted by molar-refractivity contribution is -0.138. The van der Waals surface area contributed by atoms with Crippen LogP contribution in [0, 0.1) is 5.92 Å². The van der Waals surface area contributed by atoms with E-state index in [9.17, 15) is 18.0 Å². The summed E-state index contributed by atoms with van der Waals surface area (Å²) in [6.45, 7) is 2.41. The molecule has 1 aliphatic heterocycles. The van der Waals surface area contributed by atoms with Crippen LogP contribution in [0.1, 0.15) is 36.8 Å². The fourth-order valence-electron chi connectivity index (χ4n) is 3.23. The van der Waals surface area contributed by atoms with E-state index in [4.69, 9.17) is 5.73 Å². The number of alkyl halides is 3. The van der Waals surface area contributed by atoms with E-state index < -0.39 is 11.7 Å². The summed E-state index contributed by atoms with van der Waals surface area (Å²) >= 11 is 0. The highest BCUT2D eigenvalue weighted by Crippen LogP contribution is 2.33. The molecular formula is C17H23F3N2O. The molecule has 1 atom stereocenters. The zero-order chi connectivity index (χ0) is 16.9. The molecule has 1 aliphatic rings. The van der Waals surface area contributed by atoms with E-state index in [0.29, 0.717) is 30.9 Å². The number of nitrogens with two attached hydrogens (primary N) is 1. The number of hydrogen-bond acceptors (Lipinski definition) is 2. The lowest BCUT2D eigenvalue weighted by Gasteiger charge is -2.32. The minimum atomic E-state index is -4.29. The molecular weight excluding hydrogens is 305 g/mol. The first-order valence-corrected chi connectivity index (χ1v) is 8.02. The molecule has 0 radical (unpaired) electrons. The molecule has 0 spiro atoms. The van der Waals surface area contributed by atoms with Gasteiger partial charge < -0.3 is 10.6 Å². The Morgan fingerprint density at radius 2 is 2.04 bits per heavy atom. The Morgan fingerprint density at radius 3 is 2.74 bits per heavy atom. The summed E-state index contributed by atoms with van der Waals surface area (Å²) < 4.78 is 39.0. The normalized spacial score (nSPS) is 19.7. The van der Waals surface area contributed by atoms with Crippen LogP contribution in [-0.2, 0) is 17.4 Å². The topological polar surface area (TPSA) is 46.3 Å². The van der Waals surface area contributed by atoms with Gasteiger partial charge in [-0.3, -0.25) is 4.79 Å². The van der Waals surface area contributed by atoms with Gasteiger partial charge in [-0.05, 0) is 49.8 Å². The van der Waals surface area contributed by atoms with Crippen molar-refractivity contribution < 1.29 is 18.0 Å². The minimum absolute atomic E-state index is 0.314. The second-order valence-electron chi connectivity index (χ2n) is 6.22. The van der Waals surface area contributed by atoms with E-state index in [1.807, 2.05) is 0 Å². The Hall–Kier alpha value is -1.56. The predicted octanol–water partition coefficient (Wildman–Crippen LogP) is 3.23. The molecule has 1 saturated heterocycles. The van der Waals surface area contributed by atoms with E-state index in [1.165, 1.54) is 6.07 Å². The number of primary amides is 1. The number of piperidine rings is 1. The van der Waals surface area contributed by atoms with Crippen LogP contribution < -0.4 is 5.73 Å². The van der Waals surface area contributed by atoms with Gasteiger partial charge in [-0.25, -0.2) is 0 Å². The van der Waals surface area contributed by atoms with Crippen molar-refractivity contribution in [3.05, 3.63) is 35.4 Å². The van der Waals surface area contributed by atoms with Gasteiger partial charge in [-0.1, -0.05) is 18.2 Å². The van der Waals surface area contributed by atoms with Crippen LogP contribution in [-0.4, -0.2) is 30.4 Å². The monoisotopic (exact) mass is 328 g/mol. The highest BCUT2D eigenvalue weighted by molar-refractivity contribution is 5.73. The van der Waals surface area contributed by atoms with Gasteiger partial charge in [-0.15, -0.1) is 0 Å². The SMILES string of the molecule is NC(=O)CCN1CCC[C@@H](CCc2ccccc2C(F)(F)F)C1. The maximum Gasteiger partial charge on any atom is 0.416 e. The van der Waals surface area contributed by atoms with Gasteiger partial charge in [0.25, 0.3) is 0 Å². The van der Waals surface area contributed by atoms with Gasteiger partial charge in [0, 0.05) is 19.5 Å². The molecule has 0 aliphatic carbocycles. The average molecular weight is 328 g/mol. The van der Waals surface area contributed by atoms with Gasteiger partial charge in [0.2, 0.25) is 5.91 Å². The quantitative estimate of drug-likeness (QED) is 0.871. The lowest BCUT2D eigenvalue weighted by Crippen LogP contribution is -2.37. The summed E-state index contributed by atoms with van der Waals surface area (Å²) in [5.41, 5.74) is 5.01. The number of rotatable bonds is 6. The molecule has 128 valence electrons. The van der Waals surface area contributed by atoms with Gasteiger partial charge in [-0.2, -0.15) is 13.2 Å². The van der Waals surface area contributed by atoms with Crippen molar-refractivity contribution in [2.24, 2.45) is 11.7 Å². The molecule has 2 rings (SSSR count). The zero-order valence-electron chi connectivity index (χ0n) is 13.1. The number of carbonyl (C=O) groups excluding carboxylic acids is 1. The van der Waals surface area contributed by atoms with Crippen molar-refractivity contribution in [2.45, 2.75) is 38.3 Å². The fourth-order valence-corrected chi connectivity index (χ4v) is 3.23. The molecule has 0 unspecified atom stereocenters. The molecule has 1 aromatic rings. The van der Waals surface area contributed by atoms with E-state index in [0.717, 1.165) is 38.4 Å². The molecule has 1 heterocycles. The summed E-state index contributed by atoms with van der Waals surface area (Å²) in [6, 6.07) is 5.80. The van der Waals surface area contributed by atoms with Crippen molar-refractivity contribution in [1.82, 2.24) is 4.90 Å². The molecule has 1 aromatic carbocycles. The number of benzene rings is 1. The number of amides is 1. The lowest BCUT2D eigenvalue weighted by atomic mass is 9.90. The van der Waals surface area contributed by atoms with Crippen LogP contribution in [0.5, 0.6) is 0 Å². The van der Waals surface area contributed by atoms with Gasteiger partial charge in [0.15, 0.2) is 0 Å². The Labute approximate surface area is 134 Å². The van der Waals surface area contributed by atoms with Crippen LogP contribution in [0.3, 0.4) is 0 Å². The number of likely N-dealkylation sites (tertiary alicyclic amines) is 1. The number of nitrogens with zero attached hydrogens (tertiary/aromatic N) is 1. The number of aryl methyl sites for hydroxylation is 1. The summed E-state index contributed by atoms with van der Waals surface area (Å²) in [4.78, 5) is 13.0. The number of hydrogen-bond donors (Lipinski definition) is 1. The van der Waals surface area contributed by atoms with Gasteiger partial charge in [0.05, 0.1) is 5.56 Å². The van der Waals surface area contributed by atoms with Crippen molar-refractivity contribution >= 4 is 5.91 Å².